The van der Waals surface area contributed by atoms with Crippen molar-refractivity contribution in [3.05, 3.63) is 29.3 Å². The molecule has 1 aromatic rings. The minimum absolute atomic E-state index is 0.193. The maximum atomic E-state index is 11.3. The van der Waals surface area contributed by atoms with E-state index in [-0.39, 0.29) is 24.5 Å². The summed E-state index contributed by atoms with van der Waals surface area (Å²) >= 11 is 0. The van der Waals surface area contributed by atoms with Crippen molar-refractivity contribution in [1.29, 1.82) is 5.26 Å². The molecule has 0 unspecified atom stereocenters. The number of methoxy groups -OCH3 is 1. The van der Waals surface area contributed by atoms with Crippen LogP contribution in [0.15, 0.2) is 23.8 Å². The van der Waals surface area contributed by atoms with E-state index in [1.54, 1.807) is 25.1 Å². The van der Waals surface area contributed by atoms with Gasteiger partial charge in [0.25, 0.3) is 5.91 Å². The molecule has 1 aromatic carbocycles. The van der Waals surface area contributed by atoms with Crippen LogP contribution in [0.25, 0.3) is 6.08 Å². The summed E-state index contributed by atoms with van der Waals surface area (Å²) in [5.74, 6) is -0.655. The van der Waals surface area contributed by atoms with Crippen LogP contribution in [0.4, 0.5) is 0 Å². The number of nitrogens with zero attached hydrogens (tertiary/aromatic N) is 1. The minimum atomic E-state index is -0.827. The van der Waals surface area contributed by atoms with Gasteiger partial charge in [-0.05, 0) is 30.7 Å². The van der Waals surface area contributed by atoms with Gasteiger partial charge in [0.2, 0.25) is 0 Å². The largest absolute Gasteiger partial charge is 0.493 e. The summed E-state index contributed by atoms with van der Waals surface area (Å²) in [5, 5.41) is 8.83. The van der Waals surface area contributed by atoms with Gasteiger partial charge in [-0.25, -0.2) is 4.79 Å². The van der Waals surface area contributed by atoms with Gasteiger partial charge in [0.1, 0.15) is 11.6 Å². The van der Waals surface area contributed by atoms with Gasteiger partial charge in [0.05, 0.1) is 13.7 Å². The van der Waals surface area contributed by atoms with Crippen molar-refractivity contribution in [2.45, 2.75) is 6.92 Å². The van der Waals surface area contributed by atoms with Crippen molar-refractivity contribution in [3.63, 3.8) is 0 Å². The zero-order valence-electron chi connectivity index (χ0n) is 12.3. The van der Waals surface area contributed by atoms with Gasteiger partial charge in [0, 0.05) is 0 Å². The number of nitrogens with two attached hydrogens (primary N) is 1. The van der Waals surface area contributed by atoms with Crippen LogP contribution in [0.3, 0.4) is 0 Å². The quantitative estimate of drug-likeness (QED) is 0.457. The lowest BCUT2D eigenvalue weighted by atomic mass is 10.1. The second-order valence-electron chi connectivity index (χ2n) is 4.04. The zero-order valence-corrected chi connectivity index (χ0v) is 12.3. The Morgan fingerprint density at radius 2 is 2.09 bits per heavy atom. The number of hydrogen-bond donors (Lipinski definition) is 1. The van der Waals surface area contributed by atoms with Crippen LogP contribution in [0.5, 0.6) is 11.5 Å². The van der Waals surface area contributed by atoms with E-state index >= 15 is 0 Å². The first-order valence-corrected chi connectivity index (χ1v) is 6.39. The van der Waals surface area contributed by atoms with E-state index in [9.17, 15) is 9.59 Å². The van der Waals surface area contributed by atoms with Crippen LogP contribution >= 0.6 is 0 Å². The number of benzene rings is 1. The molecule has 1 rings (SSSR count). The van der Waals surface area contributed by atoms with E-state index in [0.717, 1.165) is 0 Å². The molecule has 0 heterocycles. The predicted octanol–water partition coefficient (Wildman–Crippen LogP) is 1.03. The molecule has 0 saturated carbocycles. The fourth-order valence-corrected chi connectivity index (χ4v) is 1.56. The monoisotopic (exact) mass is 304 g/mol. The number of primary amides is 1. The fourth-order valence-electron chi connectivity index (χ4n) is 1.56. The van der Waals surface area contributed by atoms with Crippen molar-refractivity contribution in [3.8, 4) is 17.6 Å². The summed E-state index contributed by atoms with van der Waals surface area (Å²) in [6.07, 6.45) is 1.32. The lowest BCUT2D eigenvalue weighted by Crippen LogP contribution is -2.15. The Morgan fingerprint density at radius 3 is 2.64 bits per heavy atom. The summed E-state index contributed by atoms with van der Waals surface area (Å²) in [7, 11) is 1.45. The Labute approximate surface area is 127 Å². The standard InChI is InChI=1S/C15H16N2O5/c1-3-21-14(18)9-22-13-7-10(4-5-12(13)20-2)6-11(8-16)15(17)19/h4-7H,3,9H2,1-2H3,(H2,17,19)/b11-6-. The van der Waals surface area contributed by atoms with Crippen LogP contribution in [-0.2, 0) is 14.3 Å². The summed E-state index contributed by atoms with van der Waals surface area (Å²) in [6, 6.07) is 6.44. The highest BCUT2D eigenvalue weighted by atomic mass is 16.6. The van der Waals surface area contributed by atoms with Crippen LogP contribution in [0.1, 0.15) is 12.5 Å². The maximum Gasteiger partial charge on any atom is 0.344 e. The van der Waals surface area contributed by atoms with Crippen LogP contribution in [0, 0.1) is 11.3 Å². The summed E-state index contributed by atoms with van der Waals surface area (Å²) in [5.41, 5.74) is 5.39. The van der Waals surface area contributed by atoms with Crippen LogP contribution in [0.2, 0.25) is 0 Å². The van der Waals surface area contributed by atoms with Gasteiger partial charge in [-0.15, -0.1) is 0 Å². The lowest BCUT2D eigenvalue weighted by molar-refractivity contribution is -0.145. The molecule has 0 aromatic heterocycles. The van der Waals surface area contributed by atoms with Crippen molar-refractivity contribution in [2.75, 3.05) is 20.3 Å². The van der Waals surface area contributed by atoms with E-state index < -0.39 is 11.9 Å². The highest BCUT2D eigenvalue weighted by Gasteiger charge is 2.10. The number of nitriles is 1. The number of carbonyl (C=O) groups is 2. The van der Waals surface area contributed by atoms with Crippen molar-refractivity contribution >= 4 is 18.0 Å². The molecule has 0 spiro atoms. The second kappa shape index (κ2) is 8.32. The SMILES string of the molecule is CCOC(=O)COc1cc(/C=C(/C#N)C(N)=O)ccc1OC. The molecule has 22 heavy (non-hydrogen) atoms. The first-order chi connectivity index (χ1) is 10.5. The van der Waals surface area contributed by atoms with Gasteiger partial charge in [-0.2, -0.15) is 5.26 Å². The Bertz CT molecular complexity index is 631. The molecule has 116 valence electrons. The summed E-state index contributed by atoms with van der Waals surface area (Å²) in [6.45, 7) is 1.67. The molecule has 7 heteroatoms. The third-order valence-electron chi connectivity index (χ3n) is 2.54. The van der Waals surface area contributed by atoms with E-state index in [1.165, 1.54) is 19.3 Å². The Balaban J connectivity index is 3.01. The molecule has 0 fully saturated rings. The number of amides is 1. The number of carbonyl (C=O) groups excluding carboxylic acids is 2. The van der Waals surface area contributed by atoms with E-state index in [1.807, 2.05) is 0 Å². The van der Waals surface area contributed by atoms with Crippen molar-refractivity contribution < 1.29 is 23.8 Å². The van der Waals surface area contributed by atoms with Gasteiger partial charge in [0.15, 0.2) is 18.1 Å². The summed E-state index contributed by atoms with van der Waals surface area (Å²) < 4.78 is 15.2. The molecule has 0 aliphatic heterocycles. The summed E-state index contributed by atoms with van der Waals surface area (Å²) in [4.78, 5) is 22.4. The second-order valence-corrected chi connectivity index (χ2v) is 4.04. The molecule has 0 bridgehead atoms. The molecular weight excluding hydrogens is 288 g/mol. The van der Waals surface area contributed by atoms with Gasteiger partial charge in [-0.1, -0.05) is 6.07 Å². The zero-order chi connectivity index (χ0) is 16.5. The van der Waals surface area contributed by atoms with Gasteiger partial charge >= 0.3 is 5.97 Å². The van der Waals surface area contributed by atoms with Crippen LogP contribution < -0.4 is 15.2 Å². The smallest absolute Gasteiger partial charge is 0.344 e. The highest BCUT2D eigenvalue weighted by molar-refractivity contribution is 6.00. The van der Waals surface area contributed by atoms with Gasteiger partial charge < -0.3 is 19.9 Å². The first kappa shape index (κ1) is 17.0. The topological polar surface area (TPSA) is 112 Å². The molecular formula is C15H16N2O5. The molecule has 0 aliphatic rings. The molecule has 7 nitrogen and oxygen atoms in total. The first-order valence-electron chi connectivity index (χ1n) is 6.39. The van der Waals surface area contributed by atoms with E-state index in [0.29, 0.717) is 11.3 Å². The third-order valence-corrected chi connectivity index (χ3v) is 2.54. The fraction of sp³-hybridized carbons (Fsp3) is 0.267. The number of hydrogen-bond acceptors (Lipinski definition) is 6. The Morgan fingerprint density at radius 1 is 1.36 bits per heavy atom. The molecule has 0 aliphatic carbocycles. The molecule has 0 atom stereocenters. The van der Waals surface area contributed by atoms with Gasteiger partial charge in [-0.3, -0.25) is 4.79 Å². The average Bonchev–Trinajstić information content (AvgIpc) is 2.50. The molecule has 0 saturated heterocycles. The number of ether oxygens (including phenoxy) is 3. The Hall–Kier alpha value is -3.01. The van der Waals surface area contributed by atoms with Crippen molar-refractivity contribution in [1.82, 2.24) is 0 Å². The third kappa shape index (κ3) is 4.83. The molecule has 1 amide bonds. The highest BCUT2D eigenvalue weighted by Crippen LogP contribution is 2.29. The normalized spacial score (nSPS) is 10.5. The maximum absolute atomic E-state index is 11.3. The van der Waals surface area contributed by atoms with E-state index in [4.69, 9.17) is 25.2 Å². The van der Waals surface area contributed by atoms with E-state index in [2.05, 4.69) is 0 Å². The minimum Gasteiger partial charge on any atom is -0.493 e. The predicted molar refractivity (Wildman–Crippen MR) is 77.9 cm³/mol. The number of rotatable bonds is 7. The molecule has 2 N–H and O–H groups in total. The number of esters is 1. The average molecular weight is 304 g/mol. The van der Waals surface area contributed by atoms with Crippen molar-refractivity contribution in [2.24, 2.45) is 5.73 Å². The Kier molecular flexibility index (Phi) is 6.44. The lowest BCUT2D eigenvalue weighted by Gasteiger charge is -2.11. The molecule has 0 radical (unpaired) electrons. The van der Waals surface area contributed by atoms with Crippen LogP contribution in [-0.4, -0.2) is 32.2 Å².